The molecule has 0 spiro atoms. The molecule has 2 N–H and O–H groups in total. The Labute approximate surface area is 171 Å². The van der Waals surface area contributed by atoms with Crippen LogP contribution in [-0.2, 0) is 11.2 Å². The molecule has 5 heteroatoms. The summed E-state index contributed by atoms with van der Waals surface area (Å²) in [4.78, 5) is 23.3. The van der Waals surface area contributed by atoms with Crippen molar-refractivity contribution in [2.24, 2.45) is 17.3 Å². The lowest BCUT2D eigenvalue weighted by atomic mass is 9.64. The lowest BCUT2D eigenvalue weighted by Gasteiger charge is -2.38. The van der Waals surface area contributed by atoms with Crippen LogP contribution < -0.4 is 0 Å². The van der Waals surface area contributed by atoms with E-state index in [1.807, 2.05) is 38.2 Å². The average molecular weight is 403 g/mol. The molecule has 1 aliphatic rings. The highest BCUT2D eigenvalue weighted by molar-refractivity contribution is 6.33. The van der Waals surface area contributed by atoms with Crippen molar-refractivity contribution in [3.05, 3.63) is 57.7 Å². The molecule has 0 heterocycles. The molecule has 1 aromatic rings. The van der Waals surface area contributed by atoms with Crippen LogP contribution in [-0.4, -0.2) is 22.3 Å². The number of carbonyl (C=O) groups excluding carboxylic acids is 2. The average Bonchev–Trinajstić information content (AvgIpc) is 2.66. The largest absolute Gasteiger partial charge is 0.507 e. The third-order valence-electron chi connectivity index (χ3n) is 6.11. The second-order valence-corrected chi connectivity index (χ2v) is 8.15. The number of allylic oxidation sites excluding steroid dienone is 6. The van der Waals surface area contributed by atoms with Gasteiger partial charge in [-0.05, 0) is 37.8 Å². The quantitative estimate of drug-likeness (QED) is 0.515. The van der Waals surface area contributed by atoms with Gasteiger partial charge in [-0.15, -0.1) is 0 Å². The van der Waals surface area contributed by atoms with Gasteiger partial charge in [-0.3, -0.25) is 9.59 Å². The fourth-order valence-electron chi connectivity index (χ4n) is 3.45. The van der Waals surface area contributed by atoms with Crippen LogP contribution in [0.4, 0.5) is 0 Å². The fourth-order valence-corrected chi connectivity index (χ4v) is 3.66. The number of halogens is 1. The molecule has 0 unspecified atom stereocenters. The molecule has 0 aliphatic heterocycles. The van der Waals surface area contributed by atoms with Gasteiger partial charge in [0.2, 0.25) is 0 Å². The molecular formula is C23H27ClO4. The minimum absolute atomic E-state index is 0.0687. The Kier molecular flexibility index (Phi) is 6.56. The zero-order valence-corrected chi connectivity index (χ0v) is 17.7. The van der Waals surface area contributed by atoms with Crippen LogP contribution >= 0.6 is 11.6 Å². The lowest BCUT2D eigenvalue weighted by molar-refractivity contribution is -0.121. The van der Waals surface area contributed by atoms with Crippen LogP contribution in [0.25, 0.3) is 0 Å². The van der Waals surface area contributed by atoms with Crippen molar-refractivity contribution in [2.75, 3.05) is 0 Å². The number of phenols is 2. The van der Waals surface area contributed by atoms with Gasteiger partial charge in [-0.2, -0.15) is 0 Å². The maximum atomic E-state index is 12.1. The Balaban J connectivity index is 2.30. The molecule has 0 radical (unpaired) electrons. The van der Waals surface area contributed by atoms with Gasteiger partial charge in [0, 0.05) is 16.9 Å². The Hall–Kier alpha value is -2.33. The number of hydrogen-bond donors (Lipinski definition) is 2. The van der Waals surface area contributed by atoms with Crippen molar-refractivity contribution < 1.29 is 19.8 Å². The Morgan fingerprint density at radius 3 is 2.54 bits per heavy atom. The van der Waals surface area contributed by atoms with E-state index in [9.17, 15) is 19.8 Å². The number of ketones is 1. The first-order valence-corrected chi connectivity index (χ1v) is 9.68. The number of hydrogen-bond acceptors (Lipinski definition) is 4. The summed E-state index contributed by atoms with van der Waals surface area (Å²) < 4.78 is 0. The topological polar surface area (TPSA) is 74.6 Å². The zero-order chi connectivity index (χ0) is 21.2. The highest BCUT2D eigenvalue weighted by Crippen LogP contribution is 2.42. The highest BCUT2D eigenvalue weighted by atomic mass is 35.5. The smallest absolute Gasteiger partial charge is 0.159 e. The van der Waals surface area contributed by atoms with Gasteiger partial charge in [-0.25, -0.2) is 0 Å². The van der Waals surface area contributed by atoms with Crippen molar-refractivity contribution in [3.8, 4) is 11.5 Å². The first-order chi connectivity index (χ1) is 13.0. The van der Waals surface area contributed by atoms with Gasteiger partial charge in [0.1, 0.15) is 11.5 Å². The molecule has 1 aliphatic carbocycles. The van der Waals surface area contributed by atoms with Crippen LogP contribution in [0.15, 0.2) is 36.0 Å². The number of aldehydes is 1. The number of carbonyl (C=O) groups is 2. The summed E-state index contributed by atoms with van der Waals surface area (Å²) in [5.74, 6) is -0.233. The predicted molar refractivity (Wildman–Crippen MR) is 112 cm³/mol. The van der Waals surface area contributed by atoms with E-state index < -0.39 is 0 Å². The van der Waals surface area contributed by atoms with Gasteiger partial charge >= 0.3 is 0 Å². The van der Waals surface area contributed by atoms with Crippen molar-refractivity contribution in [3.63, 3.8) is 0 Å². The SMILES string of the molecule is CC(C=C[C@]1(C)[C@H](C)C=CC(=O)[C@H]1C)=CCc1c(O)c(Cl)c(C)c(C=O)c1O. The van der Waals surface area contributed by atoms with Crippen molar-refractivity contribution in [1.82, 2.24) is 0 Å². The molecule has 4 nitrogen and oxygen atoms in total. The normalized spacial score (nSPS) is 25.5. The monoisotopic (exact) mass is 402 g/mol. The van der Waals surface area contributed by atoms with E-state index in [-0.39, 0.29) is 57.1 Å². The summed E-state index contributed by atoms with van der Waals surface area (Å²) in [5.41, 5.74) is 1.27. The Morgan fingerprint density at radius 2 is 1.93 bits per heavy atom. The van der Waals surface area contributed by atoms with Crippen molar-refractivity contribution >= 4 is 23.7 Å². The van der Waals surface area contributed by atoms with Crippen LogP contribution in [0, 0.1) is 24.2 Å². The Morgan fingerprint density at radius 1 is 1.29 bits per heavy atom. The Bertz CT molecular complexity index is 895. The second-order valence-electron chi connectivity index (χ2n) is 7.77. The molecule has 150 valence electrons. The summed E-state index contributed by atoms with van der Waals surface area (Å²) >= 11 is 6.09. The van der Waals surface area contributed by atoms with Gasteiger partial charge < -0.3 is 10.2 Å². The van der Waals surface area contributed by atoms with Gasteiger partial charge in [0.25, 0.3) is 0 Å². The third kappa shape index (κ3) is 3.93. The molecule has 28 heavy (non-hydrogen) atoms. The van der Waals surface area contributed by atoms with E-state index in [4.69, 9.17) is 11.6 Å². The molecule has 2 rings (SSSR count). The maximum absolute atomic E-state index is 12.1. The van der Waals surface area contributed by atoms with Crippen molar-refractivity contribution in [2.45, 2.75) is 41.0 Å². The van der Waals surface area contributed by atoms with Crippen molar-refractivity contribution in [1.29, 1.82) is 0 Å². The van der Waals surface area contributed by atoms with E-state index in [1.54, 1.807) is 13.0 Å². The second kappa shape index (κ2) is 8.36. The maximum Gasteiger partial charge on any atom is 0.159 e. The number of aromatic hydroxyl groups is 2. The minimum atomic E-state index is -0.289. The summed E-state index contributed by atoms with van der Waals surface area (Å²) in [6.07, 6.45) is 10.2. The summed E-state index contributed by atoms with van der Waals surface area (Å²) in [6.45, 7) is 9.58. The third-order valence-corrected chi connectivity index (χ3v) is 6.57. The first kappa shape index (κ1) is 22.0. The minimum Gasteiger partial charge on any atom is -0.507 e. The number of rotatable bonds is 5. The van der Waals surface area contributed by atoms with E-state index in [0.717, 1.165) is 5.57 Å². The summed E-state index contributed by atoms with van der Waals surface area (Å²) in [7, 11) is 0. The molecule has 0 fully saturated rings. The molecule has 0 amide bonds. The predicted octanol–water partition coefficient (Wildman–Crippen LogP) is 5.33. The lowest BCUT2D eigenvalue weighted by Crippen LogP contribution is -2.37. The van der Waals surface area contributed by atoms with Gasteiger partial charge in [0.15, 0.2) is 12.1 Å². The highest BCUT2D eigenvalue weighted by Gasteiger charge is 2.39. The molecule has 0 saturated carbocycles. The zero-order valence-electron chi connectivity index (χ0n) is 16.9. The van der Waals surface area contributed by atoms with E-state index in [1.165, 1.54) is 0 Å². The van der Waals surface area contributed by atoms with E-state index in [0.29, 0.717) is 11.8 Å². The fraction of sp³-hybridized carbons (Fsp3) is 0.391. The summed E-state index contributed by atoms with van der Waals surface area (Å²) in [6, 6.07) is 0. The van der Waals surface area contributed by atoms with Crippen LogP contribution in [0.2, 0.25) is 5.02 Å². The van der Waals surface area contributed by atoms with Gasteiger partial charge in [-0.1, -0.05) is 62.2 Å². The van der Waals surface area contributed by atoms with E-state index in [2.05, 4.69) is 13.8 Å². The van der Waals surface area contributed by atoms with Crippen LogP contribution in [0.1, 0.15) is 49.2 Å². The molecular weight excluding hydrogens is 376 g/mol. The first-order valence-electron chi connectivity index (χ1n) is 9.30. The molecule has 1 aromatic carbocycles. The van der Waals surface area contributed by atoms with Crippen LogP contribution in [0.5, 0.6) is 11.5 Å². The van der Waals surface area contributed by atoms with Crippen LogP contribution in [0.3, 0.4) is 0 Å². The standard InChI is InChI=1S/C23H27ClO4/c1-13(10-11-23(5)14(2)7-9-19(26)16(23)4)6-8-17-21(27)18(12-25)15(3)20(24)22(17)28/h6-7,9-12,14,16,27-28H,8H2,1-5H3/t14-,16-,23-/m1/s1. The van der Waals surface area contributed by atoms with Gasteiger partial charge in [0.05, 0.1) is 10.6 Å². The number of phenolic OH excluding ortho intramolecular Hbond substituents is 2. The number of benzene rings is 1. The molecule has 0 aromatic heterocycles. The molecule has 3 atom stereocenters. The molecule has 0 bridgehead atoms. The molecule has 0 saturated heterocycles. The summed E-state index contributed by atoms with van der Waals surface area (Å²) in [5, 5.41) is 20.7. The van der Waals surface area contributed by atoms with E-state index >= 15 is 0 Å².